The summed E-state index contributed by atoms with van der Waals surface area (Å²) >= 11 is 0. The van der Waals surface area contributed by atoms with Gasteiger partial charge in [0.15, 0.2) is 0 Å². The van der Waals surface area contributed by atoms with Gasteiger partial charge in [0, 0.05) is 25.1 Å². The Labute approximate surface area is 95.6 Å². The van der Waals surface area contributed by atoms with Crippen molar-refractivity contribution < 1.29 is 0 Å². The van der Waals surface area contributed by atoms with Crippen LogP contribution in [0.25, 0.3) is 0 Å². The average Bonchev–Trinajstić information content (AvgIpc) is 2.28. The van der Waals surface area contributed by atoms with Crippen LogP contribution in [0.4, 0.5) is 5.82 Å². The topological polar surface area (TPSA) is 37.8 Å². The fraction of sp³-hybridized carbons (Fsp3) is 0.231. The van der Waals surface area contributed by atoms with Gasteiger partial charge in [0.05, 0.1) is 0 Å². The number of aromatic nitrogens is 2. The van der Waals surface area contributed by atoms with Crippen molar-refractivity contribution >= 4 is 5.82 Å². The van der Waals surface area contributed by atoms with E-state index < -0.39 is 0 Å². The Bertz CT molecular complexity index is 480. The maximum absolute atomic E-state index is 4.26. The lowest BCUT2D eigenvalue weighted by atomic mass is 10.1. The van der Waals surface area contributed by atoms with Crippen LogP contribution in [0.5, 0.6) is 0 Å². The molecule has 2 heterocycles. The molecule has 0 unspecified atom stereocenters. The highest BCUT2D eigenvalue weighted by molar-refractivity contribution is 5.38. The van der Waals surface area contributed by atoms with Gasteiger partial charge in [-0.3, -0.25) is 4.98 Å². The average molecular weight is 213 g/mol. The number of aryl methyl sites for hydroxylation is 2. The second-order valence-electron chi connectivity index (χ2n) is 3.87. The summed E-state index contributed by atoms with van der Waals surface area (Å²) in [5.74, 6) is 0.913. The molecule has 0 fully saturated rings. The Morgan fingerprint density at radius 1 is 1.19 bits per heavy atom. The lowest BCUT2D eigenvalue weighted by molar-refractivity contribution is 1.07. The normalized spacial score (nSPS) is 10.1. The van der Waals surface area contributed by atoms with E-state index >= 15 is 0 Å². The van der Waals surface area contributed by atoms with Gasteiger partial charge in [0.1, 0.15) is 5.82 Å². The van der Waals surface area contributed by atoms with E-state index in [1.54, 1.807) is 0 Å². The molecule has 3 nitrogen and oxygen atoms in total. The molecule has 2 rings (SSSR count). The van der Waals surface area contributed by atoms with Gasteiger partial charge in [-0.2, -0.15) is 0 Å². The van der Waals surface area contributed by atoms with E-state index in [1.807, 2.05) is 36.8 Å². The summed E-state index contributed by atoms with van der Waals surface area (Å²) in [7, 11) is 0. The molecule has 0 saturated carbocycles. The fourth-order valence-corrected chi connectivity index (χ4v) is 1.52. The molecule has 0 bridgehead atoms. The molecule has 0 aromatic carbocycles. The predicted octanol–water partition coefficient (Wildman–Crippen LogP) is 2.71. The summed E-state index contributed by atoms with van der Waals surface area (Å²) in [6, 6.07) is 6.05. The Hall–Kier alpha value is -1.90. The molecule has 0 aliphatic rings. The molecule has 82 valence electrons. The van der Waals surface area contributed by atoms with E-state index in [9.17, 15) is 0 Å². The van der Waals surface area contributed by atoms with Gasteiger partial charge in [0.2, 0.25) is 0 Å². The Morgan fingerprint density at radius 3 is 2.81 bits per heavy atom. The van der Waals surface area contributed by atoms with E-state index in [1.165, 1.54) is 16.7 Å². The van der Waals surface area contributed by atoms with Crippen LogP contribution in [0.1, 0.15) is 16.7 Å². The molecule has 2 aromatic heterocycles. The van der Waals surface area contributed by atoms with Gasteiger partial charge < -0.3 is 5.32 Å². The first-order valence-corrected chi connectivity index (χ1v) is 5.32. The third-order valence-electron chi connectivity index (χ3n) is 2.51. The standard InChI is InChI=1S/C13H15N3/c1-10-3-6-15-13(7-10)16-9-12-4-5-14-8-11(12)2/h3-8H,9H2,1-2H3,(H,15,16). The number of hydrogen-bond acceptors (Lipinski definition) is 3. The summed E-state index contributed by atoms with van der Waals surface area (Å²) in [4.78, 5) is 8.33. The van der Waals surface area contributed by atoms with Crippen molar-refractivity contribution in [2.45, 2.75) is 20.4 Å². The number of anilines is 1. The Balaban J connectivity index is 2.05. The molecular formula is C13H15N3. The monoisotopic (exact) mass is 213 g/mol. The third kappa shape index (κ3) is 2.57. The molecular weight excluding hydrogens is 198 g/mol. The zero-order valence-electron chi connectivity index (χ0n) is 9.57. The maximum Gasteiger partial charge on any atom is 0.126 e. The van der Waals surface area contributed by atoms with Crippen LogP contribution in [0.3, 0.4) is 0 Å². The third-order valence-corrected chi connectivity index (χ3v) is 2.51. The lowest BCUT2D eigenvalue weighted by Crippen LogP contribution is -2.03. The van der Waals surface area contributed by atoms with Gasteiger partial charge in [-0.05, 0) is 48.7 Å². The van der Waals surface area contributed by atoms with Crippen LogP contribution < -0.4 is 5.32 Å². The molecule has 16 heavy (non-hydrogen) atoms. The van der Waals surface area contributed by atoms with Crippen molar-refractivity contribution in [2.24, 2.45) is 0 Å². The molecule has 0 aliphatic carbocycles. The second kappa shape index (κ2) is 4.75. The van der Waals surface area contributed by atoms with Crippen molar-refractivity contribution in [1.29, 1.82) is 0 Å². The second-order valence-corrected chi connectivity index (χ2v) is 3.87. The first-order chi connectivity index (χ1) is 7.75. The molecule has 3 heteroatoms. The van der Waals surface area contributed by atoms with E-state index in [4.69, 9.17) is 0 Å². The van der Waals surface area contributed by atoms with Gasteiger partial charge in [-0.1, -0.05) is 0 Å². The van der Waals surface area contributed by atoms with Crippen molar-refractivity contribution in [1.82, 2.24) is 9.97 Å². The van der Waals surface area contributed by atoms with Gasteiger partial charge in [-0.15, -0.1) is 0 Å². The van der Waals surface area contributed by atoms with E-state index in [2.05, 4.69) is 29.1 Å². The number of pyridine rings is 2. The van der Waals surface area contributed by atoms with Crippen LogP contribution in [-0.4, -0.2) is 9.97 Å². The number of nitrogens with one attached hydrogen (secondary N) is 1. The Kier molecular flexibility index (Phi) is 3.15. The first-order valence-electron chi connectivity index (χ1n) is 5.32. The smallest absolute Gasteiger partial charge is 0.126 e. The number of hydrogen-bond donors (Lipinski definition) is 1. The van der Waals surface area contributed by atoms with Gasteiger partial charge in [0.25, 0.3) is 0 Å². The minimum atomic E-state index is 0.783. The van der Waals surface area contributed by atoms with Crippen molar-refractivity contribution in [3.05, 3.63) is 53.5 Å². The van der Waals surface area contributed by atoms with Crippen LogP contribution in [0.2, 0.25) is 0 Å². The predicted molar refractivity (Wildman–Crippen MR) is 65.3 cm³/mol. The highest BCUT2D eigenvalue weighted by atomic mass is 15.0. The first kappa shape index (κ1) is 10.6. The largest absolute Gasteiger partial charge is 0.366 e. The van der Waals surface area contributed by atoms with E-state index in [0.29, 0.717) is 0 Å². The van der Waals surface area contributed by atoms with Crippen molar-refractivity contribution in [3.8, 4) is 0 Å². The zero-order valence-corrected chi connectivity index (χ0v) is 9.57. The molecule has 0 saturated heterocycles. The van der Waals surface area contributed by atoms with Gasteiger partial charge in [-0.25, -0.2) is 4.98 Å². The summed E-state index contributed by atoms with van der Waals surface area (Å²) in [6.45, 7) is 4.91. The van der Waals surface area contributed by atoms with Gasteiger partial charge >= 0.3 is 0 Å². The molecule has 2 aromatic rings. The highest BCUT2D eigenvalue weighted by Crippen LogP contribution is 2.10. The maximum atomic E-state index is 4.26. The molecule has 0 atom stereocenters. The quantitative estimate of drug-likeness (QED) is 0.851. The molecule has 1 N–H and O–H groups in total. The van der Waals surface area contributed by atoms with E-state index in [-0.39, 0.29) is 0 Å². The minimum Gasteiger partial charge on any atom is -0.366 e. The van der Waals surface area contributed by atoms with Crippen LogP contribution >= 0.6 is 0 Å². The minimum absolute atomic E-state index is 0.783. The van der Waals surface area contributed by atoms with Crippen LogP contribution in [0, 0.1) is 13.8 Å². The summed E-state index contributed by atoms with van der Waals surface area (Å²) < 4.78 is 0. The summed E-state index contributed by atoms with van der Waals surface area (Å²) in [6.07, 6.45) is 5.51. The zero-order chi connectivity index (χ0) is 11.4. The Morgan fingerprint density at radius 2 is 2.06 bits per heavy atom. The number of nitrogens with zero attached hydrogens (tertiary/aromatic N) is 2. The molecule has 0 radical (unpaired) electrons. The van der Waals surface area contributed by atoms with Crippen LogP contribution in [0.15, 0.2) is 36.8 Å². The van der Waals surface area contributed by atoms with Crippen LogP contribution in [-0.2, 0) is 6.54 Å². The molecule has 0 spiro atoms. The fourth-order valence-electron chi connectivity index (χ4n) is 1.52. The SMILES string of the molecule is Cc1ccnc(NCc2ccncc2C)c1. The molecule has 0 aliphatic heterocycles. The summed E-state index contributed by atoms with van der Waals surface area (Å²) in [5, 5.41) is 3.30. The summed E-state index contributed by atoms with van der Waals surface area (Å²) in [5.41, 5.74) is 3.66. The van der Waals surface area contributed by atoms with Crippen molar-refractivity contribution in [2.75, 3.05) is 5.32 Å². The lowest BCUT2D eigenvalue weighted by Gasteiger charge is -2.08. The van der Waals surface area contributed by atoms with Crippen molar-refractivity contribution in [3.63, 3.8) is 0 Å². The highest BCUT2D eigenvalue weighted by Gasteiger charge is 1.98. The molecule has 0 amide bonds. The van der Waals surface area contributed by atoms with E-state index in [0.717, 1.165) is 12.4 Å². The number of rotatable bonds is 3.